The molecule has 30 heavy (non-hydrogen) atoms. The molecule has 1 amide bonds. The molecule has 1 N–H and O–H groups in total. The SMILES string of the molecule is COc1ccc(Br)cc1CNC(=O)[C@H]1CCCN(c2nc(C)nc3onc(C)c23)C1. The van der Waals surface area contributed by atoms with Crippen LogP contribution in [-0.2, 0) is 11.3 Å². The van der Waals surface area contributed by atoms with Crippen LogP contribution in [0.3, 0.4) is 0 Å². The number of piperidine rings is 1. The second-order valence-corrected chi connectivity index (χ2v) is 8.42. The minimum absolute atomic E-state index is 0.0331. The normalized spacial score (nSPS) is 16.7. The largest absolute Gasteiger partial charge is 0.496 e. The van der Waals surface area contributed by atoms with E-state index in [2.05, 4.69) is 41.3 Å². The van der Waals surface area contributed by atoms with Gasteiger partial charge in [-0.3, -0.25) is 4.79 Å². The smallest absolute Gasteiger partial charge is 0.263 e. The summed E-state index contributed by atoms with van der Waals surface area (Å²) in [6, 6.07) is 5.76. The number of nitrogens with zero attached hydrogens (tertiary/aromatic N) is 4. The summed E-state index contributed by atoms with van der Waals surface area (Å²) in [5, 5.41) is 7.92. The van der Waals surface area contributed by atoms with Gasteiger partial charge in [-0.2, -0.15) is 4.98 Å². The average Bonchev–Trinajstić information content (AvgIpc) is 3.12. The number of halogens is 1. The minimum Gasteiger partial charge on any atom is -0.496 e. The Balaban J connectivity index is 1.49. The number of methoxy groups -OCH3 is 1. The van der Waals surface area contributed by atoms with Crippen molar-refractivity contribution in [1.82, 2.24) is 20.4 Å². The molecule has 1 aromatic carbocycles. The first-order chi connectivity index (χ1) is 14.5. The molecule has 0 radical (unpaired) electrons. The van der Waals surface area contributed by atoms with E-state index in [9.17, 15) is 4.79 Å². The van der Waals surface area contributed by atoms with E-state index in [1.807, 2.05) is 32.0 Å². The molecule has 0 spiro atoms. The quantitative estimate of drug-likeness (QED) is 0.605. The van der Waals surface area contributed by atoms with E-state index in [-0.39, 0.29) is 11.8 Å². The van der Waals surface area contributed by atoms with Crippen LogP contribution in [0.2, 0.25) is 0 Å². The highest BCUT2D eigenvalue weighted by Gasteiger charge is 2.29. The van der Waals surface area contributed by atoms with Crippen LogP contribution in [0.4, 0.5) is 5.82 Å². The van der Waals surface area contributed by atoms with E-state index in [0.717, 1.165) is 52.1 Å². The van der Waals surface area contributed by atoms with Crippen LogP contribution in [0.5, 0.6) is 5.75 Å². The van der Waals surface area contributed by atoms with Crippen molar-refractivity contribution < 1.29 is 14.1 Å². The number of aromatic nitrogens is 3. The molecule has 0 aliphatic carbocycles. The van der Waals surface area contributed by atoms with Gasteiger partial charge in [-0.05, 0) is 44.9 Å². The number of benzene rings is 1. The Labute approximate surface area is 183 Å². The van der Waals surface area contributed by atoms with E-state index in [1.165, 1.54) is 0 Å². The molecule has 8 nitrogen and oxygen atoms in total. The number of rotatable bonds is 5. The highest BCUT2D eigenvalue weighted by Crippen LogP contribution is 2.30. The van der Waals surface area contributed by atoms with Crippen molar-refractivity contribution >= 4 is 38.8 Å². The number of amides is 1. The van der Waals surface area contributed by atoms with Crippen molar-refractivity contribution in [3.8, 4) is 5.75 Å². The molecule has 1 atom stereocenters. The molecule has 3 aromatic rings. The van der Waals surface area contributed by atoms with Gasteiger partial charge >= 0.3 is 0 Å². The van der Waals surface area contributed by atoms with Gasteiger partial charge in [0.25, 0.3) is 5.71 Å². The fourth-order valence-corrected chi connectivity index (χ4v) is 4.31. The van der Waals surface area contributed by atoms with E-state index >= 15 is 0 Å². The maximum absolute atomic E-state index is 12.9. The second-order valence-electron chi connectivity index (χ2n) is 7.50. The summed E-state index contributed by atoms with van der Waals surface area (Å²) >= 11 is 3.47. The standard InChI is InChI=1S/C21H24BrN5O3/c1-12-18-19(24-13(2)25-21(18)30-26-12)27-8-4-5-14(11-27)20(28)23-10-15-9-16(22)6-7-17(15)29-3/h6-7,9,14H,4-5,8,10-11H2,1-3H3,(H,23,28)/t14-/m0/s1. The van der Waals surface area contributed by atoms with E-state index in [4.69, 9.17) is 9.26 Å². The lowest BCUT2D eigenvalue weighted by atomic mass is 9.96. The molecule has 0 unspecified atom stereocenters. The summed E-state index contributed by atoms with van der Waals surface area (Å²) in [6.07, 6.45) is 1.75. The lowest BCUT2D eigenvalue weighted by Crippen LogP contribution is -2.43. The maximum Gasteiger partial charge on any atom is 0.263 e. The van der Waals surface area contributed by atoms with Gasteiger partial charge in [-0.25, -0.2) is 4.98 Å². The van der Waals surface area contributed by atoms with Crippen LogP contribution in [0.25, 0.3) is 11.1 Å². The van der Waals surface area contributed by atoms with Crippen LogP contribution in [-0.4, -0.2) is 41.2 Å². The molecule has 0 bridgehead atoms. The monoisotopic (exact) mass is 473 g/mol. The molecular formula is C21H24BrN5O3. The second kappa shape index (κ2) is 8.59. The average molecular weight is 474 g/mol. The summed E-state index contributed by atoms with van der Waals surface area (Å²) in [6.45, 7) is 5.56. The molecule has 1 fully saturated rings. The predicted octanol–water partition coefficient (Wildman–Crippen LogP) is 3.54. The Kier molecular flexibility index (Phi) is 5.90. The number of nitrogens with one attached hydrogen (secondary N) is 1. The summed E-state index contributed by atoms with van der Waals surface area (Å²) in [5.74, 6) is 2.09. The summed E-state index contributed by atoms with van der Waals surface area (Å²) in [4.78, 5) is 24.0. The van der Waals surface area contributed by atoms with Gasteiger partial charge in [0.15, 0.2) is 0 Å². The fraction of sp³-hybridized carbons (Fsp3) is 0.429. The minimum atomic E-state index is -0.123. The van der Waals surface area contributed by atoms with Crippen molar-refractivity contribution in [2.24, 2.45) is 5.92 Å². The van der Waals surface area contributed by atoms with Crippen molar-refractivity contribution in [3.63, 3.8) is 0 Å². The molecule has 1 aliphatic heterocycles. The van der Waals surface area contributed by atoms with Gasteiger partial charge in [0.1, 0.15) is 22.8 Å². The Bertz CT molecular complexity index is 1080. The predicted molar refractivity (Wildman–Crippen MR) is 117 cm³/mol. The molecule has 0 saturated carbocycles. The van der Waals surface area contributed by atoms with Crippen molar-refractivity contribution in [3.05, 3.63) is 39.8 Å². The van der Waals surface area contributed by atoms with Gasteiger partial charge in [0.05, 0.1) is 18.7 Å². The molecule has 1 aliphatic rings. The van der Waals surface area contributed by atoms with Gasteiger partial charge in [0, 0.05) is 29.7 Å². The number of aryl methyl sites for hydroxylation is 2. The van der Waals surface area contributed by atoms with Gasteiger partial charge in [0.2, 0.25) is 5.91 Å². The van der Waals surface area contributed by atoms with E-state index in [0.29, 0.717) is 24.6 Å². The van der Waals surface area contributed by atoms with Crippen LogP contribution < -0.4 is 15.0 Å². The van der Waals surface area contributed by atoms with Crippen LogP contribution in [0.15, 0.2) is 27.2 Å². The number of carbonyl (C=O) groups excluding carboxylic acids is 1. The van der Waals surface area contributed by atoms with E-state index in [1.54, 1.807) is 7.11 Å². The number of hydrogen-bond acceptors (Lipinski definition) is 7. The Morgan fingerprint density at radius 2 is 2.20 bits per heavy atom. The Hall–Kier alpha value is -2.68. The highest BCUT2D eigenvalue weighted by molar-refractivity contribution is 9.10. The lowest BCUT2D eigenvalue weighted by Gasteiger charge is -2.33. The van der Waals surface area contributed by atoms with Gasteiger partial charge < -0.3 is 19.5 Å². The lowest BCUT2D eigenvalue weighted by molar-refractivity contribution is -0.125. The van der Waals surface area contributed by atoms with Gasteiger partial charge in [-0.1, -0.05) is 21.1 Å². The van der Waals surface area contributed by atoms with Crippen LogP contribution in [0.1, 0.15) is 29.9 Å². The molecule has 2 aromatic heterocycles. The fourth-order valence-electron chi connectivity index (χ4n) is 3.90. The van der Waals surface area contributed by atoms with Crippen molar-refractivity contribution in [1.29, 1.82) is 0 Å². The Morgan fingerprint density at radius 1 is 1.37 bits per heavy atom. The first-order valence-corrected chi connectivity index (χ1v) is 10.7. The summed E-state index contributed by atoms with van der Waals surface area (Å²) in [7, 11) is 1.63. The summed E-state index contributed by atoms with van der Waals surface area (Å²) in [5.41, 5.74) is 2.18. The zero-order valence-corrected chi connectivity index (χ0v) is 18.8. The zero-order valence-electron chi connectivity index (χ0n) is 17.2. The molecule has 3 heterocycles. The molecular weight excluding hydrogens is 450 g/mol. The summed E-state index contributed by atoms with van der Waals surface area (Å²) < 4.78 is 11.7. The molecule has 158 valence electrons. The van der Waals surface area contributed by atoms with E-state index < -0.39 is 0 Å². The highest BCUT2D eigenvalue weighted by atomic mass is 79.9. The van der Waals surface area contributed by atoms with Gasteiger partial charge in [-0.15, -0.1) is 0 Å². The van der Waals surface area contributed by atoms with Crippen LogP contribution in [0, 0.1) is 19.8 Å². The third-order valence-electron chi connectivity index (χ3n) is 5.39. The third kappa shape index (κ3) is 4.12. The van der Waals surface area contributed by atoms with Crippen LogP contribution >= 0.6 is 15.9 Å². The molecule has 9 heteroatoms. The topological polar surface area (TPSA) is 93.4 Å². The third-order valence-corrected chi connectivity index (χ3v) is 5.88. The number of anilines is 1. The first-order valence-electron chi connectivity index (χ1n) is 9.92. The number of carbonyl (C=O) groups is 1. The number of ether oxygens (including phenoxy) is 1. The van der Waals surface area contributed by atoms with Crippen molar-refractivity contribution in [2.75, 3.05) is 25.1 Å². The number of hydrogen-bond donors (Lipinski definition) is 1. The first kappa shape index (κ1) is 20.6. The number of fused-ring (bicyclic) bond motifs is 1. The van der Waals surface area contributed by atoms with Crippen molar-refractivity contribution in [2.45, 2.75) is 33.2 Å². The maximum atomic E-state index is 12.9. The zero-order chi connectivity index (χ0) is 21.3. The molecule has 1 saturated heterocycles. The Morgan fingerprint density at radius 3 is 3.00 bits per heavy atom. The molecule has 4 rings (SSSR count).